The molecule has 5 N–H and O–H groups in total. The fourth-order valence-corrected chi connectivity index (χ4v) is 2.90. The van der Waals surface area contributed by atoms with E-state index in [1.807, 2.05) is 0 Å². The zero-order valence-electron chi connectivity index (χ0n) is 29.7. The fourth-order valence-electron chi connectivity index (χ4n) is 2.90. The Kier molecular flexibility index (Phi) is 30.1. The Balaban J connectivity index is -0.000000121. The molecule has 0 radical (unpaired) electrons. The molecule has 0 saturated heterocycles. The van der Waals surface area contributed by atoms with Crippen LogP contribution < -0.4 is 88.7 Å². The van der Waals surface area contributed by atoms with Gasteiger partial charge < -0.3 is 29.8 Å². The second-order valence-electron chi connectivity index (χ2n) is 8.36. The Morgan fingerprint density at radius 2 is 0.375 bits per heavy atom. The summed E-state index contributed by atoms with van der Waals surface area (Å²) >= 11 is 0. The van der Waals surface area contributed by atoms with E-state index in [2.05, 4.69) is 0 Å². The monoisotopic (exact) mass is 682 g/mol. The van der Waals surface area contributed by atoms with E-state index < -0.39 is 29.8 Å². The van der Waals surface area contributed by atoms with E-state index in [9.17, 15) is 24.0 Å². The average molecular weight is 683 g/mol. The zero-order valence-corrected chi connectivity index (χ0v) is 32.7. The van der Waals surface area contributed by atoms with Gasteiger partial charge in [0.25, 0.3) is 0 Å². The first kappa shape index (κ1) is 48.8. The average Bonchev–Trinajstić information content (AvgIpc) is 3.08. The molecule has 0 unspecified atom stereocenters. The van der Waals surface area contributed by atoms with E-state index in [0.717, 1.165) is 0 Å². The molecular weight excluding hydrogens is 649 g/mol. The summed E-state index contributed by atoms with van der Waals surface area (Å²) in [4.78, 5) is 51.0. The molecule has 0 amide bonds. The predicted octanol–water partition coefficient (Wildman–Crippen LogP) is -1.73. The Morgan fingerprint density at radius 1 is 0.271 bits per heavy atom. The zero-order chi connectivity index (χ0) is 33.5. The summed E-state index contributed by atoms with van der Waals surface area (Å²) in [5.41, 5.74) is 1.66. The summed E-state index contributed by atoms with van der Waals surface area (Å²) < 4.78 is 0. The van der Waals surface area contributed by atoms with Gasteiger partial charge >= 0.3 is 119 Å². The number of carboxylic acids is 5. The van der Waals surface area contributed by atoms with Gasteiger partial charge in [0, 0.05) is 0 Å². The van der Waals surface area contributed by atoms with Crippen molar-refractivity contribution in [3.63, 3.8) is 0 Å². The standard InChI is InChI=1S/5C7H6O2.3Na.3H/c5*8-7(9)6-4-2-1-3-5-6;;;;;;/h5*1-5H,(H,8,9);;;;;;/q;;;;;3*+1;3*-1. The van der Waals surface area contributed by atoms with Crippen LogP contribution in [0, 0.1) is 0 Å². The Hall–Kier alpha value is -3.55. The van der Waals surface area contributed by atoms with Gasteiger partial charge in [0.2, 0.25) is 0 Å². The van der Waals surface area contributed by atoms with Crippen molar-refractivity contribution in [1.82, 2.24) is 0 Å². The van der Waals surface area contributed by atoms with Crippen molar-refractivity contribution in [2.24, 2.45) is 0 Å². The molecule has 0 heterocycles. The second-order valence-corrected chi connectivity index (χ2v) is 8.36. The molecule has 0 spiro atoms. The third-order valence-corrected chi connectivity index (χ3v) is 5.10. The molecule has 0 bridgehead atoms. The first-order valence-corrected chi connectivity index (χ1v) is 12.9. The van der Waals surface area contributed by atoms with E-state index >= 15 is 0 Å². The quantitative estimate of drug-likeness (QED) is 0.134. The molecule has 0 aliphatic carbocycles. The normalized spacial score (nSPS) is 8.33. The minimum absolute atomic E-state index is 0. The summed E-state index contributed by atoms with van der Waals surface area (Å²) in [6.45, 7) is 0. The van der Waals surface area contributed by atoms with Gasteiger partial charge in [0.05, 0.1) is 27.8 Å². The van der Waals surface area contributed by atoms with Crippen LogP contribution in [0.2, 0.25) is 0 Å². The summed E-state index contributed by atoms with van der Waals surface area (Å²) in [5, 5.41) is 41.9. The van der Waals surface area contributed by atoms with Crippen LogP contribution in [0.5, 0.6) is 0 Å². The molecule has 236 valence electrons. The number of hydrogen-bond donors (Lipinski definition) is 5. The third-order valence-electron chi connectivity index (χ3n) is 5.10. The molecular formula is C35H33Na3O10. The van der Waals surface area contributed by atoms with Gasteiger partial charge in [-0.25, -0.2) is 24.0 Å². The van der Waals surface area contributed by atoms with Gasteiger partial charge in [0.15, 0.2) is 0 Å². The minimum Gasteiger partial charge on any atom is -1.00 e. The van der Waals surface area contributed by atoms with E-state index in [-0.39, 0.29) is 93.0 Å². The molecule has 5 aromatic carbocycles. The summed E-state index contributed by atoms with van der Waals surface area (Å²) in [6, 6.07) is 41.5. The van der Waals surface area contributed by atoms with Crippen LogP contribution in [-0.4, -0.2) is 55.4 Å². The molecule has 0 atom stereocenters. The summed E-state index contributed by atoms with van der Waals surface area (Å²) in [5.74, 6) is -4.40. The van der Waals surface area contributed by atoms with Crippen molar-refractivity contribution >= 4 is 29.8 Å². The van der Waals surface area contributed by atoms with Crippen LogP contribution in [0.1, 0.15) is 56.1 Å². The van der Waals surface area contributed by atoms with Gasteiger partial charge in [0.1, 0.15) is 0 Å². The molecule has 0 aliphatic heterocycles. The maximum Gasteiger partial charge on any atom is 1.00 e. The number of hydrogen-bond acceptors (Lipinski definition) is 5. The van der Waals surface area contributed by atoms with E-state index in [1.165, 1.54) is 0 Å². The van der Waals surface area contributed by atoms with Crippen LogP contribution >= 0.6 is 0 Å². The van der Waals surface area contributed by atoms with E-state index in [1.54, 1.807) is 152 Å². The van der Waals surface area contributed by atoms with Crippen LogP contribution in [0.15, 0.2) is 152 Å². The third kappa shape index (κ3) is 22.9. The molecule has 0 fully saturated rings. The summed E-state index contributed by atoms with van der Waals surface area (Å²) in [7, 11) is 0. The molecule has 0 aromatic heterocycles. The van der Waals surface area contributed by atoms with Gasteiger partial charge in [-0.2, -0.15) is 0 Å². The molecule has 13 heteroatoms. The van der Waals surface area contributed by atoms with Gasteiger partial charge in [-0.15, -0.1) is 0 Å². The fraction of sp³-hybridized carbons (Fsp3) is 0. The van der Waals surface area contributed by atoms with Gasteiger partial charge in [-0.3, -0.25) is 0 Å². The van der Waals surface area contributed by atoms with Crippen molar-refractivity contribution in [3.05, 3.63) is 179 Å². The van der Waals surface area contributed by atoms with Crippen molar-refractivity contribution in [2.45, 2.75) is 0 Å². The van der Waals surface area contributed by atoms with Gasteiger partial charge in [-0.1, -0.05) is 91.0 Å². The number of aromatic carboxylic acids is 5. The first-order chi connectivity index (χ1) is 21.5. The molecule has 0 aliphatic rings. The van der Waals surface area contributed by atoms with E-state index in [0.29, 0.717) is 27.8 Å². The number of carboxylic acid groups (broad SMARTS) is 5. The Bertz CT molecular complexity index is 1340. The van der Waals surface area contributed by atoms with Crippen LogP contribution in [0.4, 0.5) is 0 Å². The Morgan fingerprint density at radius 3 is 0.438 bits per heavy atom. The van der Waals surface area contributed by atoms with Crippen LogP contribution in [0.3, 0.4) is 0 Å². The topological polar surface area (TPSA) is 186 Å². The molecule has 0 saturated carbocycles. The number of benzene rings is 5. The van der Waals surface area contributed by atoms with Crippen LogP contribution in [0.25, 0.3) is 0 Å². The predicted molar refractivity (Wildman–Crippen MR) is 170 cm³/mol. The molecule has 10 nitrogen and oxygen atoms in total. The van der Waals surface area contributed by atoms with Crippen molar-refractivity contribution in [2.75, 3.05) is 0 Å². The Labute approximate surface area is 348 Å². The van der Waals surface area contributed by atoms with Gasteiger partial charge in [-0.05, 0) is 60.7 Å². The maximum absolute atomic E-state index is 10.2. The van der Waals surface area contributed by atoms with E-state index in [4.69, 9.17) is 25.5 Å². The van der Waals surface area contributed by atoms with Crippen molar-refractivity contribution in [3.8, 4) is 0 Å². The maximum atomic E-state index is 10.2. The molecule has 48 heavy (non-hydrogen) atoms. The first-order valence-electron chi connectivity index (χ1n) is 12.9. The SMILES string of the molecule is O=C(O)c1ccccc1.O=C(O)c1ccccc1.O=C(O)c1ccccc1.O=C(O)c1ccccc1.O=C(O)c1ccccc1.[H-].[H-].[H-].[Na+].[Na+].[Na+]. The number of rotatable bonds is 5. The summed E-state index contributed by atoms with van der Waals surface area (Å²) in [6.07, 6.45) is 0. The largest absolute Gasteiger partial charge is 1.00 e. The molecule has 5 aromatic rings. The van der Waals surface area contributed by atoms with Crippen molar-refractivity contribution in [1.29, 1.82) is 0 Å². The van der Waals surface area contributed by atoms with Crippen molar-refractivity contribution < 1.29 is 142 Å². The van der Waals surface area contributed by atoms with Crippen LogP contribution in [-0.2, 0) is 0 Å². The minimum atomic E-state index is -0.879. The second kappa shape index (κ2) is 29.6. The smallest absolute Gasteiger partial charge is 1.00 e. The molecule has 5 rings (SSSR count). The number of carbonyl (C=O) groups is 5.